The lowest BCUT2D eigenvalue weighted by atomic mass is 10.1. The van der Waals surface area contributed by atoms with Crippen molar-refractivity contribution in [2.24, 2.45) is 0 Å². The summed E-state index contributed by atoms with van der Waals surface area (Å²) in [6.07, 6.45) is 5.99. The van der Waals surface area contributed by atoms with Crippen molar-refractivity contribution in [1.82, 2.24) is 25.4 Å². The van der Waals surface area contributed by atoms with Crippen molar-refractivity contribution < 1.29 is 9.59 Å². The number of unbranched alkanes of at least 4 members (excludes halogenated alkanes) is 2. The number of nitrogens with one attached hydrogen (secondary N) is 3. The van der Waals surface area contributed by atoms with Gasteiger partial charge in [0.05, 0.1) is 12.1 Å². The smallest absolute Gasteiger partial charge is 0.238 e. The van der Waals surface area contributed by atoms with E-state index in [2.05, 4.69) is 50.7 Å². The maximum Gasteiger partial charge on any atom is 0.238 e. The zero-order chi connectivity index (χ0) is 26.9. The second kappa shape index (κ2) is 13.9. The third-order valence-electron chi connectivity index (χ3n) is 7.91. The van der Waals surface area contributed by atoms with E-state index in [0.29, 0.717) is 19.0 Å². The van der Waals surface area contributed by atoms with Crippen LogP contribution in [-0.2, 0) is 9.59 Å². The minimum atomic E-state index is -0.00478. The summed E-state index contributed by atoms with van der Waals surface area (Å²) in [6.45, 7) is 9.71. The third kappa shape index (κ3) is 8.12. The Kier molecular flexibility index (Phi) is 10.3. The number of benzene rings is 1. The number of piperidine rings is 1. The average Bonchev–Trinajstić information content (AvgIpc) is 2.93. The summed E-state index contributed by atoms with van der Waals surface area (Å²) in [6, 6.07) is 8.59. The van der Waals surface area contributed by atoms with Gasteiger partial charge in [0.15, 0.2) is 0 Å². The number of anilines is 2. The van der Waals surface area contributed by atoms with Crippen LogP contribution in [0.3, 0.4) is 0 Å². The van der Waals surface area contributed by atoms with E-state index in [4.69, 9.17) is 4.98 Å². The maximum atomic E-state index is 12.5. The molecule has 9 heteroatoms. The lowest BCUT2D eigenvalue weighted by Crippen LogP contribution is -2.46. The fourth-order valence-electron chi connectivity index (χ4n) is 5.39. The highest BCUT2D eigenvalue weighted by Crippen LogP contribution is 2.26. The Morgan fingerprint density at radius 3 is 2.47 bits per heavy atom. The summed E-state index contributed by atoms with van der Waals surface area (Å²) in [4.78, 5) is 36.1. The van der Waals surface area contributed by atoms with E-state index in [0.717, 1.165) is 100 Å². The van der Waals surface area contributed by atoms with E-state index < -0.39 is 0 Å². The van der Waals surface area contributed by atoms with E-state index in [1.165, 1.54) is 5.56 Å². The molecule has 0 aliphatic carbocycles. The highest BCUT2D eigenvalue weighted by atomic mass is 16.2. The summed E-state index contributed by atoms with van der Waals surface area (Å²) in [5.41, 5.74) is 2.94. The molecule has 3 N–H and O–H groups in total. The molecular formula is C29H45N7O2. The first-order valence-corrected chi connectivity index (χ1v) is 14.2. The van der Waals surface area contributed by atoms with Gasteiger partial charge >= 0.3 is 0 Å². The van der Waals surface area contributed by atoms with Crippen LogP contribution in [-0.4, -0.2) is 99.1 Å². The van der Waals surface area contributed by atoms with Crippen LogP contribution in [0.25, 0.3) is 10.9 Å². The van der Waals surface area contributed by atoms with E-state index in [9.17, 15) is 9.59 Å². The maximum absolute atomic E-state index is 12.5. The van der Waals surface area contributed by atoms with Gasteiger partial charge in [-0.1, -0.05) is 6.42 Å². The predicted octanol–water partition coefficient (Wildman–Crippen LogP) is 2.59. The molecule has 2 aromatic rings. The molecule has 4 rings (SSSR count). The number of hydrogen-bond donors (Lipinski definition) is 3. The van der Waals surface area contributed by atoms with Crippen molar-refractivity contribution in [1.29, 1.82) is 0 Å². The molecule has 1 aromatic heterocycles. The minimum Gasteiger partial charge on any atom is -0.359 e. The average molecular weight is 524 g/mol. The van der Waals surface area contributed by atoms with E-state index >= 15 is 0 Å². The molecule has 0 saturated carbocycles. The highest BCUT2D eigenvalue weighted by Gasteiger charge is 2.19. The third-order valence-corrected chi connectivity index (χ3v) is 7.91. The number of hydrogen-bond acceptors (Lipinski definition) is 7. The van der Waals surface area contributed by atoms with Gasteiger partial charge in [-0.05, 0) is 89.1 Å². The van der Waals surface area contributed by atoms with Gasteiger partial charge in [-0.3, -0.25) is 14.5 Å². The van der Waals surface area contributed by atoms with Crippen molar-refractivity contribution >= 4 is 34.2 Å². The molecule has 9 nitrogen and oxygen atoms in total. The second-order valence-electron chi connectivity index (χ2n) is 10.8. The van der Waals surface area contributed by atoms with Gasteiger partial charge in [-0.25, -0.2) is 4.98 Å². The van der Waals surface area contributed by atoms with Crippen LogP contribution in [0.4, 0.5) is 11.5 Å². The number of fused-ring (bicyclic) bond motifs is 1. The van der Waals surface area contributed by atoms with Crippen molar-refractivity contribution in [3.05, 3.63) is 29.8 Å². The number of nitrogens with zero attached hydrogens (tertiary/aromatic N) is 4. The molecule has 0 atom stereocenters. The summed E-state index contributed by atoms with van der Waals surface area (Å²) in [7, 11) is 3.84. The molecule has 0 unspecified atom stereocenters. The van der Waals surface area contributed by atoms with E-state index in [-0.39, 0.29) is 11.8 Å². The molecule has 38 heavy (non-hydrogen) atoms. The van der Waals surface area contributed by atoms with Crippen LogP contribution in [0.5, 0.6) is 0 Å². The van der Waals surface area contributed by atoms with Crippen LogP contribution >= 0.6 is 0 Å². The molecule has 2 fully saturated rings. The number of rotatable bonds is 11. The van der Waals surface area contributed by atoms with Crippen molar-refractivity contribution in [2.45, 2.75) is 51.5 Å². The number of carbonyl (C=O) groups excluding carboxylic acids is 2. The quantitative estimate of drug-likeness (QED) is 0.390. The van der Waals surface area contributed by atoms with Gasteiger partial charge in [0, 0.05) is 56.8 Å². The van der Waals surface area contributed by atoms with Gasteiger partial charge in [0.1, 0.15) is 5.82 Å². The second-order valence-corrected chi connectivity index (χ2v) is 10.8. The van der Waals surface area contributed by atoms with Gasteiger partial charge < -0.3 is 25.8 Å². The number of pyridine rings is 1. The molecule has 2 amide bonds. The van der Waals surface area contributed by atoms with Crippen LogP contribution in [0.1, 0.15) is 44.1 Å². The van der Waals surface area contributed by atoms with Gasteiger partial charge in [0.25, 0.3) is 0 Å². The molecular weight excluding hydrogens is 478 g/mol. The molecule has 1 aromatic carbocycles. The number of carbonyl (C=O) groups is 2. The van der Waals surface area contributed by atoms with Gasteiger partial charge in [0.2, 0.25) is 11.8 Å². The minimum absolute atomic E-state index is 0.00478. The highest BCUT2D eigenvalue weighted by molar-refractivity contribution is 5.95. The topological polar surface area (TPSA) is 92.8 Å². The summed E-state index contributed by atoms with van der Waals surface area (Å²) < 4.78 is 0. The van der Waals surface area contributed by atoms with Crippen LogP contribution in [0.15, 0.2) is 24.3 Å². The predicted molar refractivity (Wildman–Crippen MR) is 155 cm³/mol. The van der Waals surface area contributed by atoms with Gasteiger partial charge in [-0.2, -0.15) is 0 Å². The Bertz CT molecular complexity index is 1080. The fraction of sp³-hybridized carbons (Fsp3) is 0.621. The Labute approximate surface area is 227 Å². The molecule has 3 heterocycles. The Morgan fingerprint density at radius 1 is 0.974 bits per heavy atom. The first-order chi connectivity index (χ1) is 18.4. The summed E-state index contributed by atoms with van der Waals surface area (Å²) >= 11 is 0. The zero-order valence-electron chi connectivity index (χ0n) is 23.4. The molecule has 2 aliphatic heterocycles. The largest absolute Gasteiger partial charge is 0.359 e. The fourth-order valence-corrected chi connectivity index (χ4v) is 5.39. The van der Waals surface area contributed by atoms with Crippen molar-refractivity contribution in [2.75, 3.05) is 76.7 Å². The van der Waals surface area contributed by atoms with Gasteiger partial charge in [-0.15, -0.1) is 0 Å². The lowest BCUT2D eigenvalue weighted by Gasteiger charge is -2.35. The standard InChI is InChI=1S/C29H45N7O2/c1-22-19-27(36-17-15-35(16-18-36)12-6-4-5-7-28(37)30-2)33-26-9-8-24(20-25(22)26)32-29(38)21-31-23-10-13-34(3)14-11-23/h8-9,19-20,23,31H,4-7,10-18,21H2,1-3H3,(H,30,37)(H,32,38). The Hall–Kier alpha value is -2.75. The first kappa shape index (κ1) is 28.3. The molecule has 208 valence electrons. The van der Waals surface area contributed by atoms with E-state index in [1.54, 1.807) is 7.05 Å². The number of piperazine rings is 1. The number of aromatic nitrogens is 1. The van der Waals surface area contributed by atoms with Crippen LogP contribution in [0, 0.1) is 6.92 Å². The van der Waals surface area contributed by atoms with Crippen molar-refractivity contribution in [3.63, 3.8) is 0 Å². The Balaban J connectivity index is 1.24. The molecule has 0 spiro atoms. The number of amides is 2. The molecule has 0 bridgehead atoms. The molecule has 2 aliphatic rings. The zero-order valence-corrected chi connectivity index (χ0v) is 23.4. The SMILES string of the molecule is CNC(=O)CCCCCN1CCN(c2cc(C)c3cc(NC(=O)CNC4CCN(C)CC4)ccc3n2)CC1. The van der Waals surface area contributed by atoms with E-state index in [1.807, 2.05) is 18.2 Å². The molecule has 0 radical (unpaired) electrons. The lowest BCUT2D eigenvalue weighted by molar-refractivity contribution is -0.120. The first-order valence-electron chi connectivity index (χ1n) is 14.2. The normalized spacial score (nSPS) is 17.6. The Morgan fingerprint density at radius 2 is 1.74 bits per heavy atom. The number of aryl methyl sites for hydroxylation is 1. The monoisotopic (exact) mass is 523 g/mol. The van der Waals surface area contributed by atoms with Crippen LogP contribution < -0.4 is 20.9 Å². The molecule has 2 saturated heterocycles. The summed E-state index contributed by atoms with van der Waals surface area (Å²) in [5, 5.41) is 10.2. The summed E-state index contributed by atoms with van der Waals surface area (Å²) in [5.74, 6) is 1.16. The number of likely N-dealkylation sites (tertiary alicyclic amines) is 1. The van der Waals surface area contributed by atoms with Crippen LogP contribution in [0.2, 0.25) is 0 Å². The van der Waals surface area contributed by atoms with Crippen molar-refractivity contribution in [3.8, 4) is 0 Å².